The molecule has 7 heteroatoms. The number of carbonyl (C=O) groups excluding carboxylic acids is 2. The van der Waals surface area contributed by atoms with Crippen LogP contribution in [0.25, 0.3) is 11.1 Å². The molecule has 2 aromatic rings. The lowest BCUT2D eigenvalue weighted by Crippen LogP contribution is -2.37. The van der Waals surface area contributed by atoms with Crippen molar-refractivity contribution < 1.29 is 22.8 Å². The fourth-order valence-electron chi connectivity index (χ4n) is 2.43. The Morgan fingerprint density at radius 3 is 2.30 bits per heavy atom. The van der Waals surface area contributed by atoms with E-state index >= 15 is 0 Å². The van der Waals surface area contributed by atoms with E-state index in [1.807, 2.05) is 0 Å². The minimum absolute atomic E-state index is 0.0903. The second kappa shape index (κ2) is 5.42. The van der Waals surface area contributed by atoms with Crippen molar-refractivity contribution in [1.82, 2.24) is 0 Å². The van der Waals surface area contributed by atoms with Crippen LogP contribution >= 0.6 is 0 Å². The molecule has 0 aliphatic carbocycles. The van der Waals surface area contributed by atoms with Crippen LogP contribution in [0.2, 0.25) is 0 Å². The fraction of sp³-hybridized carbons (Fsp3) is 0.125. The summed E-state index contributed by atoms with van der Waals surface area (Å²) in [7, 11) is 0. The number of nitrogens with zero attached hydrogens (tertiary/aromatic N) is 1. The molecule has 0 radical (unpaired) electrons. The zero-order chi connectivity index (χ0) is 16.6. The van der Waals surface area contributed by atoms with Crippen LogP contribution in [-0.2, 0) is 15.8 Å². The highest BCUT2D eigenvalue weighted by atomic mass is 19.4. The van der Waals surface area contributed by atoms with Gasteiger partial charge < -0.3 is 10.2 Å². The van der Waals surface area contributed by atoms with Gasteiger partial charge in [-0.2, -0.15) is 13.2 Å². The van der Waals surface area contributed by atoms with E-state index < -0.39 is 11.7 Å². The van der Waals surface area contributed by atoms with E-state index in [-0.39, 0.29) is 12.5 Å². The van der Waals surface area contributed by atoms with Crippen molar-refractivity contribution >= 4 is 23.7 Å². The second-order valence-electron chi connectivity index (χ2n) is 5.09. The van der Waals surface area contributed by atoms with Crippen molar-refractivity contribution in [2.24, 2.45) is 0 Å². The zero-order valence-electron chi connectivity index (χ0n) is 11.7. The maximum Gasteiger partial charge on any atom is 0.416 e. The molecule has 1 N–H and O–H groups in total. The molecule has 3 rings (SSSR count). The molecule has 1 aliphatic rings. The molecule has 0 atom stereocenters. The van der Waals surface area contributed by atoms with Crippen LogP contribution < -0.4 is 10.2 Å². The molecule has 118 valence electrons. The number of halogens is 3. The number of hydrogen-bond acceptors (Lipinski definition) is 2. The molecule has 1 heterocycles. The number of hydrogen-bond donors (Lipinski definition) is 1. The summed E-state index contributed by atoms with van der Waals surface area (Å²) in [6.07, 6.45) is -3.83. The van der Waals surface area contributed by atoms with Crippen molar-refractivity contribution in [3.05, 3.63) is 48.0 Å². The number of rotatable bonds is 2. The van der Waals surface area contributed by atoms with Crippen LogP contribution in [0, 0.1) is 0 Å². The summed E-state index contributed by atoms with van der Waals surface area (Å²) in [5, 5.41) is 2.64. The standard InChI is InChI=1S/C16H11F3N2O2/c17-16(18,19)12-4-1-10(2-5-12)11-3-6-13-14(7-11)21(9-22)8-15(23)20-13/h1-7,9H,8H2,(H,20,23). The third kappa shape index (κ3) is 2.90. The average Bonchev–Trinajstić information content (AvgIpc) is 2.53. The van der Waals surface area contributed by atoms with Crippen LogP contribution in [0.1, 0.15) is 5.56 Å². The molecule has 1 aliphatic heterocycles. The topological polar surface area (TPSA) is 49.4 Å². The molecule has 0 bridgehead atoms. The Labute approximate surface area is 129 Å². The van der Waals surface area contributed by atoms with E-state index in [1.165, 1.54) is 17.0 Å². The van der Waals surface area contributed by atoms with Crippen LogP contribution in [0.5, 0.6) is 0 Å². The lowest BCUT2D eigenvalue weighted by Gasteiger charge is -2.26. The molecule has 2 aromatic carbocycles. The molecule has 0 spiro atoms. The Balaban J connectivity index is 1.99. The summed E-state index contributed by atoms with van der Waals surface area (Å²) in [6.45, 7) is -0.0903. The molecule has 0 fully saturated rings. The molecular formula is C16H11F3N2O2. The van der Waals surface area contributed by atoms with Crippen LogP contribution in [0.3, 0.4) is 0 Å². The van der Waals surface area contributed by atoms with Gasteiger partial charge in [0.25, 0.3) is 0 Å². The van der Waals surface area contributed by atoms with Crippen LogP contribution in [-0.4, -0.2) is 18.9 Å². The normalized spacial score (nSPS) is 14.2. The fourth-order valence-corrected chi connectivity index (χ4v) is 2.43. The molecule has 2 amide bonds. The third-order valence-electron chi connectivity index (χ3n) is 3.57. The first-order valence-electron chi connectivity index (χ1n) is 6.72. The van der Waals surface area contributed by atoms with E-state index in [4.69, 9.17) is 0 Å². The smallest absolute Gasteiger partial charge is 0.323 e. The number of alkyl halides is 3. The monoisotopic (exact) mass is 320 g/mol. The van der Waals surface area contributed by atoms with E-state index in [0.717, 1.165) is 12.1 Å². The summed E-state index contributed by atoms with van der Waals surface area (Å²) in [5.41, 5.74) is 1.52. The Bertz CT molecular complexity index is 770. The number of nitrogens with one attached hydrogen (secondary N) is 1. The van der Waals surface area contributed by atoms with Crippen LogP contribution in [0.15, 0.2) is 42.5 Å². The first-order valence-corrected chi connectivity index (χ1v) is 6.72. The quantitative estimate of drug-likeness (QED) is 0.863. The third-order valence-corrected chi connectivity index (χ3v) is 3.57. The summed E-state index contributed by atoms with van der Waals surface area (Å²) < 4.78 is 37.8. The Morgan fingerprint density at radius 1 is 1.04 bits per heavy atom. The number of carbonyl (C=O) groups is 2. The Morgan fingerprint density at radius 2 is 1.70 bits per heavy atom. The first-order chi connectivity index (χ1) is 10.9. The summed E-state index contributed by atoms with van der Waals surface area (Å²) in [4.78, 5) is 23.8. The van der Waals surface area contributed by atoms with Gasteiger partial charge >= 0.3 is 6.18 Å². The largest absolute Gasteiger partial charge is 0.416 e. The maximum atomic E-state index is 12.6. The molecular weight excluding hydrogens is 309 g/mol. The number of fused-ring (bicyclic) bond motifs is 1. The lowest BCUT2D eigenvalue weighted by molar-refractivity contribution is -0.137. The van der Waals surface area contributed by atoms with Gasteiger partial charge in [0.1, 0.15) is 6.54 Å². The average molecular weight is 320 g/mol. The van der Waals surface area contributed by atoms with Crippen LogP contribution in [0.4, 0.5) is 24.5 Å². The van der Waals surface area contributed by atoms with Gasteiger partial charge in [0, 0.05) is 0 Å². The lowest BCUT2D eigenvalue weighted by atomic mass is 10.0. The predicted octanol–water partition coefficient (Wildman–Crippen LogP) is 3.29. The minimum atomic E-state index is -4.38. The van der Waals surface area contributed by atoms with Crippen molar-refractivity contribution in [2.75, 3.05) is 16.8 Å². The molecule has 23 heavy (non-hydrogen) atoms. The van der Waals surface area contributed by atoms with E-state index in [9.17, 15) is 22.8 Å². The van der Waals surface area contributed by atoms with Gasteiger partial charge in [-0.15, -0.1) is 0 Å². The van der Waals surface area contributed by atoms with Gasteiger partial charge in [0.15, 0.2) is 0 Å². The van der Waals surface area contributed by atoms with Gasteiger partial charge in [-0.1, -0.05) is 18.2 Å². The van der Waals surface area contributed by atoms with Crippen molar-refractivity contribution in [1.29, 1.82) is 0 Å². The SMILES string of the molecule is O=CN1CC(=O)Nc2ccc(-c3ccc(C(F)(F)F)cc3)cc21. The predicted molar refractivity (Wildman–Crippen MR) is 78.9 cm³/mol. The Hall–Kier alpha value is -2.83. The highest BCUT2D eigenvalue weighted by Crippen LogP contribution is 2.35. The summed E-state index contributed by atoms with van der Waals surface area (Å²) in [5.74, 6) is -0.299. The zero-order valence-corrected chi connectivity index (χ0v) is 11.7. The molecule has 0 aromatic heterocycles. The summed E-state index contributed by atoms with van der Waals surface area (Å²) in [6, 6.07) is 9.72. The van der Waals surface area contributed by atoms with Gasteiger partial charge in [-0.05, 0) is 35.4 Å². The second-order valence-corrected chi connectivity index (χ2v) is 5.09. The molecule has 0 saturated heterocycles. The highest BCUT2D eigenvalue weighted by Gasteiger charge is 2.30. The van der Waals surface area contributed by atoms with Crippen molar-refractivity contribution in [3.63, 3.8) is 0 Å². The van der Waals surface area contributed by atoms with Gasteiger partial charge in [-0.3, -0.25) is 9.59 Å². The van der Waals surface area contributed by atoms with Gasteiger partial charge in [0.05, 0.1) is 16.9 Å². The number of anilines is 2. The van der Waals surface area contributed by atoms with E-state index in [2.05, 4.69) is 5.32 Å². The molecule has 0 unspecified atom stereocenters. The van der Waals surface area contributed by atoms with Gasteiger partial charge in [0.2, 0.25) is 12.3 Å². The molecule has 0 saturated carbocycles. The highest BCUT2D eigenvalue weighted by molar-refractivity contribution is 6.06. The molecule has 4 nitrogen and oxygen atoms in total. The van der Waals surface area contributed by atoms with Gasteiger partial charge in [-0.25, -0.2) is 0 Å². The van der Waals surface area contributed by atoms with E-state index in [0.29, 0.717) is 28.9 Å². The maximum absolute atomic E-state index is 12.6. The Kier molecular flexibility index (Phi) is 3.55. The van der Waals surface area contributed by atoms with E-state index in [1.54, 1.807) is 18.2 Å². The minimum Gasteiger partial charge on any atom is -0.323 e. The van der Waals surface area contributed by atoms with Crippen molar-refractivity contribution in [3.8, 4) is 11.1 Å². The summed E-state index contributed by atoms with van der Waals surface area (Å²) >= 11 is 0. The first kappa shape index (κ1) is 15.1. The number of amides is 2. The number of benzene rings is 2. The van der Waals surface area contributed by atoms with Crippen molar-refractivity contribution in [2.45, 2.75) is 6.18 Å².